The Morgan fingerprint density at radius 2 is 2.23 bits per heavy atom. The summed E-state index contributed by atoms with van der Waals surface area (Å²) in [5.74, 6) is 1.31. The Kier molecular flexibility index (Phi) is 3.17. The van der Waals surface area contributed by atoms with Gasteiger partial charge in [0.05, 0.1) is 0 Å². The van der Waals surface area contributed by atoms with Crippen LogP contribution in [-0.4, -0.2) is 41.1 Å². The predicted molar refractivity (Wildman–Crippen MR) is 59.1 cm³/mol. The van der Waals surface area contributed by atoms with Gasteiger partial charge < -0.3 is 5.73 Å². The molecule has 13 heavy (non-hydrogen) atoms. The van der Waals surface area contributed by atoms with Gasteiger partial charge in [-0.05, 0) is 19.3 Å². The summed E-state index contributed by atoms with van der Waals surface area (Å²) in [7, 11) is 0. The molecule has 0 spiro atoms. The van der Waals surface area contributed by atoms with Gasteiger partial charge in [0.15, 0.2) is 0 Å². The number of hydrogen-bond acceptors (Lipinski definition) is 3. The van der Waals surface area contributed by atoms with Crippen molar-refractivity contribution in [2.24, 2.45) is 5.73 Å². The van der Waals surface area contributed by atoms with Gasteiger partial charge in [-0.2, -0.15) is 11.8 Å². The first kappa shape index (κ1) is 9.81. The second-order valence-electron chi connectivity index (χ2n) is 4.40. The molecule has 3 heteroatoms. The third-order valence-corrected chi connectivity index (χ3v) is 4.37. The number of thioether (sulfide) groups is 1. The first-order chi connectivity index (χ1) is 6.25. The van der Waals surface area contributed by atoms with Crippen LogP contribution in [-0.2, 0) is 0 Å². The molecule has 3 atom stereocenters. The van der Waals surface area contributed by atoms with E-state index >= 15 is 0 Å². The van der Waals surface area contributed by atoms with Gasteiger partial charge in [-0.3, -0.25) is 4.90 Å². The van der Waals surface area contributed by atoms with Crippen molar-refractivity contribution in [1.82, 2.24) is 4.90 Å². The van der Waals surface area contributed by atoms with Crippen molar-refractivity contribution in [3.8, 4) is 0 Å². The maximum atomic E-state index is 5.93. The third-order valence-electron chi connectivity index (χ3n) is 3.23. The van der Waals surface area contributed by atoms with Gasteiger partial charge in [0.25, 0.3) is 0 Å². The highest BCUT2D eigenvalue weighted by atomic mass is 32.2. The molecule has 3 unspecified atom stereocenters. The van der Waals surface area contributed by atoms with Crippen molar-refractivity contribution in [2.45, 2.75) is 43.5 Å². The molecule has 2 fully saturated rings. The van der Waals surface area contributed by atoms with E-state index in [-0.39, 0.29) is 0 Å². The molecule has 1 aliphatic heterocycles. The van der Waals surface area contributed by atoms with Gasteiger partial charge in [0.1, 0.15) is 0 Å². The summed E-state index contributed by atoms with van der Waals surface area (Å²) in [6, 6.07) is 1.29. The molecule has 76 valence electrons. The molecule has 1 aliphatic carbocycles. The van der Waals surface area contributed by atoms with Gasteiger partial charge in [-0.1, -0.05) is 6.92 Å². The summed E-state index contributed by atoms with van der Waals surface area (Å²) in [5, 5.41) is 0.825. The topological polar surface area (TPSA) is 29.3 Å². The van der Waals surface area contributed by atoms with Gasteiger partial charge in [0.2, 0.25) is 0 Å². The van der Waals surface area contributed by atoms with Gasteiger partial charge in [-0.15, -0.1) is 0 Å². The smallest absolute Gasteiger partial charge is 0.0147 e. The van der Waals surface area contributed by atoms with Crippen LogP contribution in [0.4, 0.5) is 0 Å². The minimum absolute atomic E-state index is 0.481. The first-order valence-corrected chi connectivity index (χ1v) is 6.42. The highest BCUT2D eigenvalue weighted by molar-refractivity contribution is 7.99. The quantitative estimate of drug-likeness (QED) is 0.692. The van der Waals surface area contributed by atoms with Crippen molar-refractivity contribution >= 4 is 11.8 Å². The van der Waals surface area contributed by atoms with Crippen LogP contribution in [0, 0.1) is 0 Å². The third kappa shape index (κ3) is 2.39. The summed E-state index contributed by atoms with van der Waals surface area (Å²) in [4.78, 5) is 2.66. The fraction of sp³-hybridized carbons (Fsp3) is 1.00. The van der Waals surface area contributed by atoms with Crippen LogP contribution in [0.15, 0.2) is 0 Å². The summed E-state index contributed by atoms with van der Waals surface area (Å²) in [5.41, 5.74) is 5.93. The zero-order valence-corrected chi connectivity index (χ0v) is 9.22. The van der Waals surface area contributed by atoms with Crippen molar-refractivity contribution in [3.05, 3.63) is 0 Å². The van der Waals surface area contributed by atoms with Gasteiger partial charge >= 0.3 is 0 Å². The Bertz CT molecular complexity index is 174. The molecule has 1 saturated carbocycles. The normalized spacial score (nSPS) is 42.5. The number of rotatable bonds is 1. The van der Waals surface area contributed by atoms with E-state index in [0.29, 0.717) is 6.04 Å². The monoisotopic (exact) mass is 200 g/mol. The molecule has 0 aromatic carbocycles. The summed E-state index contributed by atoms with van der Waals surface area (Å²) in [6.07, 6.45) is 3.80. The molecule has 2 rings (SSSR count). The number of nitrogens with zero attached hydrogens (tertiary/aromatic N) is 1. The van der Waals surface area contributed by atoms with Gasteiger partial charge in [0, 0.05) is 36.2 Å². The minimum atomic E-state index is 0.481. The number of hydrogen-bond donors (Lipinski definition) is 1. The highest BCUT2D eigenvalue weighted by Crippen LogP contribution is 2.27. The van der Waals surface area contributed by atoms with Crippen molar-refractivity contribution < 1.29 is 0 Å². The molecule has 0 amide bonds. The second kappa shape index (κ2) is 4.20. The highest BCUT2D eigenvalue weighted by Gasteiger charge is 2.29. The molecule has 2 nitrogen and oxygen atoms in total. The summed E-state index contributed by atoms with van der Waals surface area (Å²) in [6.45, 7) is 4.90. The van der Waals surface area contributed by atoms with E-state index in [1.54, 1.807) is 0 Å². The molecule has 0 aromatic heterocycles. The van der Waals surface area contributed by atoms with Crippen LogP contribution in [0.3, 0.4) is 0 Å². The van der Waals surface area contributed by atoms with Crippen LogP contribution in [0.5, 0.6) is 0 Å². The average molecular weight is 200 g/mol. The van der Waals surface area contributed by atoms with E-state index in [2.05, 4.69) is 23.6 Å². The summed E-state index contributed by atoms with van der Waals surface area (Å²) >= 11 is 2.11. The Labute approximate surface area is 85.2 Å². The van der Waals surface area contributed by atoms with Crippen LogP contribution in [0.25, 0.3) is 0 Å². The van der Waals surface area contributed by atoms with Crippen LogP contribution < -0.4 is 5.73 Å². The lowest BCUT2D eigenvalue weighted by Crippen LogP contribution is -2.43. The van der Waals surface area contributed by atoms with Crippen LogP contribution >= 0.6 is 11.8 Å². The minimum Gasteiger partial charge on any atom is -0.328 e. The van der Waals surface area contributed by atoms with Crippen molar-refractivity contribution in [1.29, 1.82) is 0 Å². The summed E-state index contributed by atoms with van der Waals surface area (Å²) < 4.78 is 0. The lowest BCUT2D eigenvalue weighted by Gasteiger charge is -2.35. The van der Waals surface area contributed by atoms with E-state index in [1.807, 2.05) is 0 Å². The average Bonchev–Trinajstić information content (AvgIpc) is 2.52. The molecule has 2 N–H and O–H groups in total. The Hall–Kier alpha value is 0.270. The van der Waals surface area contributed by atoms with E-state index in [4.69, 9.17) is 5.73 Å². The SMILES string of the molecule is CC1CN(C2CCC(N)C2)CCS1. The fourth-order valence-corrected chi connectivity index (χ4v) is 3.54. The number of nitrogens with two attached hydrogens (primary N) is 1. The largest absolute Gasteiger partial charge is 0.328 e. The maximum Gasteiger partial charge on any atom is 0.0147 e. The standard InChI is InChI=1S/C10H20N2S/c1-8-7-12(4-5-13-8)10-3-2-9(11)6-10/h8-10H,2-7,11H2,1H3. The lowest BCUT2D eigenvalue weighted by molar-refractivity contribution is 0.206. The molecular formula is C10H20N2S. The Morgan fingerprint density at radius 1 is 1.38 bits per heavy atom. The lowest BCUT2D eigenvalue weighted by atomic mass is 10.2. The zero-order chi connectivity index (χ0) is 9.26. The molecule has 1 heterocycles. The van der Waals surface area contributed by atoms with E-state index in [1.165, 1.54) is 38.1 Å². The van der Waals surface area contributed by atoms with E-state index in [9.17, 15) is 0 Å². The predicted octanol–water partition coefficient (Wildman–Crippen LogP) is 1.30. The molecular weight excluding hydrogens is 180 g/mol. The first-order valence-electron chi connectivity index (χ1n) is 5.37. The molecule has 0 radical (unpaired) electrons. The Balaban J connectivity index is 1.85. The zero-order valence-electron chi connectivity index (χ0n) is 8.41. The van der Waals surface area contributed by atoms with Crippen LogP contribution in [0.2, 0.25) is 0 Å². The van der Waals surface area contributed by atoms with Gasteiger partial charge in [-0.25, -0.2) is 0 Å². The molecule has 0 bridgehead atoms. The van der Waals surface area contributed by atoms with E-state index in [0.717, 1.165) is 11.3 Å². The Morgan fingerprint density at radius 3 is 2.85 bits per heavy atom. The molecule has 0 aromatic rings. The van der Waals surface area contributed by atoms with E-state index < -0.39 is 0 Å². The second-order valence-corrected chi connectivity index (χ2v) is 5.95. The fourth-order valence-electron chi connectivity index (χ4n) is 2.50. The molecule has 2 aliphatic rings. The maximum absolute atomic E-state index is 5.93. The molecule has 1 saturated heterocycles. The van der Waals surface area contributed by atoms with Crippen molar-refractivity contribution in [2.75, 3.05) is 18.8 Å². The van der Waals surface area contributed by atoms with Crippen LogP contribution in [0.1, 0.15) is 26.2 Å². The van der Waals surface area contributed by atoms with Crippen molar-refractivity contribution in [3.63, 3.8) is 0 Å².